The first-order chi connectivity index (χ1) is 26.1. The lowest BCUT2D eigenvalue weighted by atomic mass is 9.47. The predicted molar refractivity (Wildman–Crippen MR) is 226 cm³/mol. The van der Waals surface area contributed by atoms with Gasteiger partial charge in [0.1, 0.15) is 6.10 Å². The van der Waals surface area contributed by atoms with Crippen molar-refractivity contribution in [3.63, 3.8) is 0 Å². The van der Waals surface area contributed by atoms with Crippen molar-refractivity contribution in [1.82, 2.24) is 9.80 Å². The highest BCUT2D eigenvalue weighted by atomic mass is 16.5. The van der Waals surface area contributed by atoms with Crippen LogP contribution in [0.4, 0.5) is 0 Å². The molecule has 3 fully saturated rings. The summed E-state index contributed by atoms with van der Waals surface area (Å²) in [6.07, 6.45) is 20.4. The molecule has 0 N–H and O–H groups in total. The molecular formula is C50H76N2O2. The van der Waals surface area contributed by atoms with Crippen LogP contribution in [-0.2, 0) is 22.6 Å². The summed E-state index contributed by atoms with van der Waals surface area (Å²) in [7, 11) is 0. The average Bonchev–Trinajstić information content (AvgIpc) is 3.52. The molecule has 2 aromatic rings. The van der Waals surface area contributed by atoms with E-state index in [1.54, 1.807) is 5.57 Å². The maximum absolute atomic E-state index is 13.6. The number of ether oxygens (including phenoxy) is 1. The molecule has 298 valence electrons. The fourth-order valence-electron chi connectivity index (χ4n) is 12.3. The molecule has 0 aliphatic heterocycles. The Morgan fingerprint density at radius 1 is 0.778 bits per heavy atom. The van der Waals surface area contributed by atoms with E-state index in [4.69, 9.17) is 4.74 Å². The van der Waals surface area contributed by atoms with Gasteiger partial charge < -0.3 is 4.74 Å². The van der Waals surface area contributed by atoms with Gasteiger partial charge >= 0.3 is 5.97 Å². The van der Waals surface area contributed by atoms with Gasteiger partial charge in [0, 0.05) is 19.5 Å². The third kappa shape index (κ3) is 10.1. The Bertz CT molecular complexity index is 1470. The summed E-state index contributed by atoms with van der Waals surface area (Å²) < 4.78 is 6.36. The zero-order valence-electron chi connectivity index (χ0n) is 35.2. The number of unbranched alkanes of at least 4 members (excludes halogenated alkanes) is 2. The van der Waals surface area contributed by atoms with Crippen molar-refractivity contribution in [2.45, 2.75) is 151 Å². The van der Waals surface area contributed by atoms with E-state index in [-0.39, 0.29) is 17.5 Å². The number of carbonyl (C=O) groups excluding carboxylic acids is 1. The fraction of sp³-hybridized carbons (Fsp3) is 0.700. The molecule has 4 aliphatic carbocycles. The van der Waals surface area contributed by atoms with Crippen molar-refractivity contribution in [2.75, 3.05) is 26.2 Å². The second-order valence-electron chi connectivity index (χ2n) is 19.3. The molecule has 0 amide bonds. The molecule has 0 saturated heterocycles. The van der Waals surface area contributed by atoms with Gasteiger partial charge in [-0.2, -0.15) is 0 Å². The van der Waals surface area contributed by atoms with Gasteiger partial charge in [-0.25, -0.2) is 0 Å². The van der Waals surface area contributed by atoms with E-state index in [1.807, 2.05) is 0 Å². The quantitative estimate of drug-likeness (QED) is 0.0817. The maximum atomic E-state index is 13.6. The standard InChI is InChI=1S/C50H76N2O2/c1-7-51(35-40-20-11-8-12-21-40)32-15-10-16-33-52(36-41-22-13-9-14-23-41)37-48(53)54-43-28-30-49(5)42(34-43)24-25-44-46-27-26-45(39(4)19-17-18-38(2)3)50(46,6)31-29-47(44)49/h8-9,11-14,20-24,38-39,43-47H,7,10,15-19,25-37H2,1-6H3/t39-,43?,44?,45-,46?,47?,49+,50-/m1/s1. The SMILES string of the molecule is CCN(CCCCCN(CC(=O)OC1CC[C@@]2(C)C(=CCC3C2CC[C@@]2(C)C3CC[C@@H]2[C@H](C)CCCC(C)C)C1)Cc1ccccc1)Cc1ccccc1. The molecule has 0 aromatic heterocycles. The Morgan fingerprint density at radius 2 is 1.44 bits per heavy atom. The predicted octanol–water partition coefficient (Wildman–Crippen LogP) is 12.1. The Morgan fingerprint density at radius 3 is 2.11 bits per heavy atom. The molecule has 4 heteroatoms. The number of carbonyl (C=O) groups is 1. The van der Waals surface area contributed by atoms with Gasteiger partial charge in [0.05, 0.1) is 6.54 Å². The van der Waals surface area contributed by atoms with Crippen LogP contribution in [0, 0.1) is 46.3 Å². The zero-order valence-corrected chi connectivity index (χ0v) is 35.2. The van der Waals surface area contributed by atoms with E-state index in [1.165, 1.54) is 81.8 Å². The minimum absolute atomic E-state index is 0.0213. The largest absolute Gasteiger partial charge is 0.461 e. The minimum Gasteiger partial charge on any atom is -0.461 e. The van der Waals surface area contributed by atoms with Crippen LogP contribution in [0.15, 0.2) is 72.3 Å². The van der Waals surface area contributed by atoms with E-state index >= 15 is 0 Å². The molecule has 54 heavy (non-hydrogen) atoms. The number of nitrogens with zero attached hydrogens (tertiary/aromatic N) is 2. The van der Waals surface area contributed by atoms with Crippen LogP contribution >= 0.6 is 0 Å². The first kappa shape index (κ1) is 41.2. The molecule has 0 spiro atoms. The van der Waals surface area contributed by atoms with Crippen LogP contribution in [0.5, 0.6) is 0 Å². The van der Waals surface area contributed by atoms with Crippen molar-refractivity contribution in [1.29, 1.82) is 0 Å². The summed E-state index contributed by atoms with van der Waals surface area (Å²) in [5, 5.41) is 0. The number of allylic oxidation sites excluding steroid dienone is 1. The second-order valence-corrected chi connectivity index (χ2v) is 19.3. The summed E-state index contributed by atoms with van der Waals surface area (Å²) >= 11 is 0. The second kappa shape index (κ2) is 19.1. The number of benzene rings is 2. The highest BCUT2D eigenvalue weighted by Crippen LogP contribution is 2.67. The van der Waals surface area contributed by atoms with Gasteiger partial charge in [0.15, 0.2) is 0 Å². The van der Waals surface area contributed by atoms with E-state index in [9.17, 15) is 4.79 Å². The Kier molecular flexibility index (Phi) is 14.6. The molecule has 0 heterocycles. The van der Waals surface area contributed by atoms with E-state index in [0.717, 1.165) is 87.5 Å². The monoisotopic (exact) mass is 737 g/mol. The van der Waals surface area contributed by atoms with E-state index < -0.39 is 0 Å². The molecule has 4 aliphatic rings. The molecule has 3 saturated carbocycles. The maximum Gasteiger partial charge on any atom is 0.320 e. The van der Waals surface area contributed by atoms with Crippen molar-refractivity contribution < 1.29 is 9.53 Å². The van der Waals surface area contributed by atoms with Crippen LogP contribution in [0.1, 0.15) is 143 Å². The van der Waals surface area contributed by atoms with E-state index in [0.29, 0.717) is 12.0 Å². The molecular weight excluding hydrogens is 661 g/mol. The van der Waals surface area contributed by atoms with Crippen molar-refractivity contribution in [2.24, 2.45) is 46.3 Å². The Hall–Kier alpha value is -2.43. The van der Waals surface area contributed by atoms with Crippen LogP contribution in [0.25, 0.3) is 0 Å². The molecule has 6 rings (SSSR count). The molecule has 8 atom stereocenters. The van der Waals surface area contributed by atoms with Gasteiger partial charge in [0.2, 0.25) is 0 Å². The summed E-state index contributed by atoms with van der Waals surface area (Å²) in [5.41, 5.74) is 5.06. The highest BCUT2D eigenvalue weighted by Gasteiger charge is 2.59. The number of fused-ring (bicyclic) bond motifs is 5. The summed E-state index contributed by atoms with van der Waals surface area (Å²) in [4.78, 5) is 18.5. The van der Waals surface area contributed by atoms with Crippen LogP contribution in [0.2, 0.25) is 0 Å². The Labute approximate surface area is 330 Å². The topological polar surface area (TPSA) is 32.8 Å². The lowest BCUT2D eigenvalue weighted by molar-refractivity contribution is -0.153. The third-order valence-electron chi connectivity index (χ3n) is 15.3. The van der Waals surface area contributed by atoms with Gasteiger partial charge in [-0.05, 0) is 135 Å². The summed E-state index contributed by atoms with van der Waals surface area (Å²) in [6, 6.07) is 21.4. The highest BCUT2D eigenvalue weighted by molar-refractivity contribution is 5.72. The van der Waals surface area contributed by atoms with Crippen LogP contribution < -0.4 is 0 Å². The molecule has 4 unspecified atom stereocenters. The smallest absolute Gasteiger partial charge is 0.320 e. The zero-order chi connectivity index (χ0) is 38.1. The van der Waals surface area contributed by atoms with Gasteiger partial charge in [-0.15, -0.1) is 0 Å². The van der Waals surface area contributed by atoms with Crippen molar-refractivity contribution in [3.8, 4) is 0 Å². The summed E-state index contributed by atoms with van der Waals surface area (Å²) in [6.45, 7) is 20.2. The number of hydrogen-bond donors (Lipinski definition) is 0. The molecule has 0 radical (unpaired) electrons. The van der Waals surface area contributed by atoms with Crippen molar-refractivity contribution >= 4 is 5.97 Å². The fourth-order valence-corrected chi connectivity index (χ4v) is 12.3. The number of hydrogen-bond acceptors (Lipinski definition) is 4. The molecule has 2 aromatic carbocycles. The minimum atomic E-state index is -0.0400. The first-order valence-electron chi connectivity index (χ1n) is 22.5. The van der Waals surface area contributed by atoms with Gasteiger partial charge in [-0.3, -0.25) is 14.6 Å². The Balaban J connectivity index is 0.998. The third-order valence-corrected chi connectivity index (χ3v) is 15.3. The first-order valence-corrected chi connectivity index (χ1v) is 22.5. The number of esters is 1. The molecule has 0 bridgehead atoms. The average molecular weight is 737 g/mol. The lowest BCUT2D eigenvalue weighted by Gasteiger charge is -2.58. The summed E-state index contributed by atoms with van der Waals surface area (Å²) in [5.74, 6) is 5.07. The van der Waals surface area contributed by atoms with Crippen LogP contribution in [-0.4, -0.2) is 48.1 Å². The number of rotatable bonds is 19. The van der Waals surface area contributed by atoms with Crippen LogP contribution in [0.3, 0.4) is 0 Å². The van der Waals surface area contributed by atoms with Gasteiger partial charge in [-0.1, -0.05) is 140 Å². The van der Waals surface area contributed by atoms with Crippen molar-refractivity contribution in [3.05, 3.63) is 83.4 Å². The normalized spacial score (nSPS) is 29.8. The molecule has 4 nitrogen and oxygen atoms in total. The van der Waals surface area contributed by atoms with E-state index in [2.05, 4.69) is 118 Å². The lowest BCUT2D eigenvalue weighted by Crippen LogP contribution is -2.51. The van der Waals surface area contributed by atoms with Gasteiger partial charge in [0.25, 0.3) is 0 Å².